The lowest BCUT2D eigenvalue weighted by molar-refractivity contribution is 0.0965. The van der Waals surface area contributed by atoms with E-state index < -0.39 is 0 Å². The lowest BCUT2D eigenvalue weighted by atomic mass is 10.1. The van der Waals surface area contributed by atoms with E-state index in [9.17, 15) is 4.79 Å². The highest BCUT2D eigenvalue weighted by Crippen LogP contribution is 2.40. The number of pyridine rings is 1. The smallest absolute Gasteiger partial charge is 0.268 e. The number of hydrogen-bond donors (Lipinski definition) is 0. The third-order valence-electron chi connectivity index (χ3n) is 4.73. The van der Waals surface area contributed by atoms with Crippen LogP contribution in [0.15, 0.2) is 66.9 Å². The number of hydrogen-bond acceptors (Lipinski definition) is 3. The van der Waals surface area contributed by atoms with Crippen LogP contribution >= 0.6 is 0 Å². The molecule has 26 heavy (non-hydrogen) atoms. The van der Waals surface area contributed by atoms with Crippen molar-refractivity contribution < 1.29 is 9.53 Å². The van der Waals surface area contributed by atoms with E-state index in [0.717, 1.165) is 22.2 Å². The van der Waals surface area contributed by atoms with Crippen molar-refractivity contribution in [1.29, 1.82) is 0 Å². The molecule has 0 aliphatic carbocycles. The van der Waals surface area contributed by atoms with E-state index in [1.807, 2.05) is 48.5 Å². The fourth-order valence-corrected chi connectivity index (χ4v) is 3.54. The minimum Gasteiger partial charge on any atom is -0.487 e. The van der Waals surface area contributed by atoms with Crippen molar-refractivity contribution in [3.8, 4) is 17.1 Å². The van der Waals surface area contributed by atoms with E-state index in [-0.39, 0.29) is 5.91 Å². The van der Waals surface area contributed by atoms with E-state index in [1.54, 1.807) is 10.8 Å². The summed E-state index contributed by atoms with van der Waals surface area (Å²) < 4.78 is 7.84. The average Bonchev–Trinajstić information content (AvgIpc) is 3.23. The van der Waals surface area contributed by atoms with Crippen molar-refractivity contribution in [1.82, 2.24) is 9.55 Å². The van der Waals surface area contributed by atoms with Gasteiger partial charge in [-0.05, 0) is 36.8 Å². The number of nitrogens with zero attached hydrogens (tertiary/aromatic N) is 2. The topological polar surface area (TPSA) is 44.1 Å². The number of fused-ring (bicyclic) bond motifs is 4. The van der Waals surface area contributed by atoms with Crippen molar-refractivity contribution in [2.24, 2.45) is 0 Å². The van der Waals surface area contributed by atoms with Crippen molar-refractivity contribution in [3.63, 3.8) is 0 Å². The number of ether oxygens (including phenoxy) is 1. The lowest BCUT2D eigenvalue weighted by Crippen LogP contribution is -2.08. The van der Waals surface area contributed by atoms with Crippen LogP contribution in [0.3, 0.4) is 0 Å². The Bertz CT molecular complexity index is 1170. The Balaban J connectivity index is 1.67. The molecule has 0 radical (unpaired) electrons. The summed E-state index contributed by atoms with van der Waals surface area (Å²) in [6, 6.07) is 19.8. The minimum atomic E-state index is -0.0857. The monoisotopic (exact) mass is 340 g/mol. The number of carbonyl (C=O) groups is 1. The molecule has 1 aliphatic rings. The third-order valence-corrected chi connectivity index (χ3v) is 4.73. The molecular weight excluding hydrogens is 324 g/mol. The molecule has 1 aliphatic heterocycles. The van der Waals surface area contributed by atoms with Gasteiger partial charge in [-0.15, -0.1) is 0 Å². The number of aromatic nitrogens is 2. The molecular formula is C22H16N2O2. The molecule has 0 atom stereocenters. The molecule has 0 unspecified atom stereocenters. The van der Waals surface area contributed by atoms with Crippen molar-refractivity contribution in [2.45, 2.75) is 13.5 Å². The van der Waals surface area contributed by atoms with Gasteiger partial charge in [0, 0.05) is 11.6 Å². The van der Waals surface area contributed by atoms with Crippen LogP contribution in [0, 0.1) is 6.92 Å². The number of aryl methyl sites for hydroxylation is 1. The molecule has 2 aromatic carbocycles. The highest BCUT2D eigenvalue weighted by atomic mass is 16.5. The summed E-state index contributed by atoms with van der Waals surface area (Å²) in [7, 11) is 0. The average molecular weight is 340 g/mol. The van der Waals surface area contributed by atoms with Gasteiger partial charge in [-0.2, -0.15) is 0 Å². The van der Waals surface area contributed by atoms with Gasteiger partial charge in [0.15, 0.2) is 0 Å². The third kappa shape index (κ3) is 2.15. The van der Waals surface area contributed by atoms with Crippen LogP contribution in [0.2, 0.25) is 0 Å². The first-order chi connectivity index (χ1) is 12.7. The lowest BCUT2D eigenvalue weighted by Gasteiger charge is -2.13. The summed E-state index contributed by atoms with van der Waals surface area (Å²) in [5, 5.41) is 0.859. The zero-order chi connectivity index (χ0) is 17.7. The standard InChI is InChI=1S/C22H16N2O2/c1-14-6-4-7-15(12-14)13-26-21-16-8-2-3-9-17(16)23-20-18-10-5-11-24(18)22(25)19(20)21/h2-12H,13H2,1H3. The number of benzene rings is 2. The summed E-state index contributed by atoms with van der Waals surface area (Å²) in [6.07, 6.45) is 1.77. The van der Waals surface area contributed by atoms with Gasteiger partial charge < -0.3 is 4.74 Å². The Hall–Kier alpha value is -3.40. The highest BCUT2D eigenvalue weighted by Gasteiger charge is 2.32. The van der Waals surface area contributed by atoms with Gasteiger partial charge in [-0.1, -0.05) is 42.0 Å². The van der Waals surface area contributed by atoms with Gasteiger partial charge in [-0.3, -0.25) is 9.36 Å². The molecule has 126 valence electrons. The summed E-state index contributed by atoms with van der Waals surface area (Å²) in [6.45, 7) is 2.46. The zero-order valence-electron chi connectivity index (χ0n) is 14.3. The Morgan fingerprint density at radius 1 is 1.04 bits per heavy atom. The molecule has 4 aromatic rings. The van der Waals surface area contributed by atoms with E-state index in [0.29, 0.717) is 23.6 Å². The van der Waals surface area contributed by atoms with E-state index in [4.69, 9.17) is 9.72 Å². The number of para-hydroxylation sites is 1. The van der Waals surface area contributed by atoms with Crippen LogP contribution in [0.5, 0.6) is 5.75 Å². The van der Waals surface area contributed by atoms with Crippen molar-refractivity contribution in [3.05, 3.63) is 83.6 Å². The second-order valence-electron chi connectivity index (χ2n) is 6.53. The zero-order valence-corrected chi connectivity index (χ0v) is 14.3. The molecule has 0 fully saturated rings. The maximum Gasteiger partial charge on any atom is 0.268 e. The normalized spacial score (nSPS) is 12.3. The fourth-order valence-electron chi connectivity index (χ4n) is 3.54. The van der Waals surface area contributed by atoms with Gasteiger partial charge in [-0.25, -0.2) is 4.98 Å². The maximum atomic E-state index is 12.9. The molecule has 0 spiro atoms. The van der Waals surface area contributed by atoms with Crippen LogP contribution in [0.4, 0.5) is 0 Å². The Kier molecular flexibility index (Phi) is 3.19. The summed E-state index contributed by atoms with van der Waals surface area (Å²) in [4.78, 5) is 17.6. The van der Waals surface area contributed by atoms with Crippen LogP contribution < -0.4 is 4.74 Å². The molecule has 0 bridgehead atoms. The maximum absolute atomic E-state index is 12.9. The second kappa shape index (κ2) is 5.56. The molecule has 0 saturated carbocycles. The SMILES string of the molecule is Cc1cccc(COc2c3c(nc4ccccc24)-c2cccn2C3=O)c1. The fraction of sp³-hybridized carbons (Fsp3) is 0.0909. The minimum absolute atomic E-state index is 0.0857. The number of carbonyl (C=O) groups excluding carboxylic acids is 1. The predicted molar refractivity (Wildman–Crippen MR) is 100 cm³/mol. The molecule has 2 aromatic heterocycles. The Labute approximate surface area is 150 Å². The van der Waals surface area contributed by atoms with E-state index >= 15 is 0 Å². The Morgan fingerprint density at radius 3 is 2.81 bits per heavy atom. The van der Waals surface area contributed by atoms with Crippen LogP contribution in [-0.4, -0.2) is 15.5 Å². The van der Waals surface area contributed by atoms with Crippen molar-refractivity contribution >= 4 is 16.8 Å². The second-order valence-corrected chi connectivity index (χ2v) is 6.53. The molecule has 0 N–H and O–H groups in total. The summed E-state index contributed by atoms with van der Waals surface area (Å²) in [5.74, 6) is 0.526. The van der Waals surface area contributed by atoms with Gasteiger partial charge in [0.1, 0.15) is 23.6 Å². The largest absolute Gasteiger partial charge is 0.487 e. The molecule has 5 rings (SSSR count). The van der Waals surface area contributed by atoms with E-state index in [2.05, 4.69) is 19.1 Å². The Morgan fingerprint density at radius 2 is 1.92 bits per heavy atom. The molecule has 4 nitrogen and oxygen atoms in total. The molecule has 0 saturated heterocycles. The molecule has 4 heteroatoms. The molecule has 3 heterocycles. The predicted octanol–water partition coefficient (Wildman–Crippen LogP) is 4.59. The van der Waals surface area contributed by atoms with Gasteiger partial charge in [0.25, 0.3) is 5.91 Å². The summed E-state index contributed by atoms with van der Waals surface area (Å²) >= 11 is 0. The van der Waals surface area contributed by atoms with Gasteiger partial charge in [0.2, 0.25) is 0 Å². The first-order valence-corrected chi connectivity index (χ1v) is 8.56. The summed E-state index contributed by atoms with van der Waals surface area (Å²) in [5.41, 5.74) is 5.14. The van der Waals surface area contributed by atoms with Gasteiger partial charge in [0.05, 0.1) is 11.2 Å². The van der Waals surface area contributed by atoms with E-state index in [1.165, 1.54) is 5.56 Å². The van der Waals surface area contributed by atoms with Crippen LogP contribution in [0.1, 0.15) is 21.5 Å². The van der Waals surface area contributed by atoms with Crippen LogP contribution in [-0.2, 0) is 6.61 Å². The first kappa shape index (κ1) is 14.9. The van der Waals surface area contributed by atoms with Crippen molar-refractivity contribution in [2.75, 3.05) is 0 Å². The van der Waals surface area contributed by atoms with Crippen LogP contribution in [0.25, 0.3) is 22.3 Å². The highest BCUT2D eigenvalue weighted by molar-refractivity contribution is 6.13. The number of rotatable bonds is 3. The quantitative estimate of drug-likeness (QED) is 0.482. The van der Waals surface area contributed by atoms with Gasteiger partial charge >= 0.3 is 0 Å². The first-order valence-electron chi connectivity index (χ1n) is 8.56. The molecule has 0 amide bonds.